The summed E-state index contributed by atoms with van der Waals surface area (Å²) >= 11 is 0. The van der Waals surface area contributed by atoms with Crippen molar-refractivity contribution in [3.63, 3.8) is 0 Å². The fourth-order valence-corrected chi connectivity index (χ4v) is 2.99. The van der Waals surface area contributed by atoms with E-state index in [4.69, 9.17) is 0 Å². The van der Waals surface area contributed by atoms with Crippen molar-refractivity contribution >= 4 is 12.4 Å². The van der Waals surface area contributed by atoms with Crippen molar-refractivity contribution < 1.29 is 0 Å². The van der Waals surface area contributed by atoms with E-state index in [2.05, 4.69) is 58.5 Å². The maximum Gasteiger partial charge on any atom is 0.0535 e. The molecule has 1 atom stereocenters. The Balaban J connectivity index is 0.00000176. The van der Waals surface area contributed by atoms with E-state index in [1.54, 1.807) is 0 Å². The number of benzene rings is 1. The van der Waals surface area contributed by atoms with Gasteiger partial charge in [-0.3, -0.25) is 10.00 Å². The lowest BCUT2D eigenvalue weighted by atomic mass is 9.99. The average molecular weight is 321 g/mol. The van der Waals surface area contributed by atoms with Crippen LogP contribution in [0.4, 0.5) is 0 Å². The third-order valence-corrected chi connectivity index (χ3v) is 4.47. The first-order valence-corrected chi connectivity index (χ1v) is 7.74. The molecule has 0 amide bonds. The minimum atomic E-state index is 0. The van der Waals surface area contributed by atoms with Crippen molar-refractivity contribution in [3.8, 4) is 0 Å². The Kier molecular flexibility index (Phi) is 6.00. The number of H-pyrrole nitrogens is 1. The van der Waals surface area contributed by atoms with E-state index < -0.39 is 0 Å². The van der Waals surface area contributed by atoms with Gasteiger partial charge in [0.2, 0.25) is 0 Å². The van der Waals surface area contributed by atoms with Crippen LogP contribution in [0.2, 0.25) is 0 Å². The highest BCUT2D eigenvalue weighted by Crippen LogP contribution is 2.19. The van der Waals surface area contributed by atoms with Gasteiger partial charge >= 0.3 is 0 Å². The lowest BCUT2D eigenvalue weighted by Gasteiger charge is -2.33. The fourth-order valence-electron chi connectivity index (χ4n) is 2.99. The molecule has 5 heteroatoms. The van der Waals surface area contributed by atoms with Crippen LogP contribution in [-0.4, -0.2) is 34.2 Å². The number of aryl methyl sites for hydroxylation is 1. The Labute approximate surface area is 138 Å². The Morgan fingerprint density at radius 3 is 2.82 bits per heavy atom. The van der Waals surface area contributed by atoms with Gasteiger partial charge in [-0.15, -0.1) is 12.4 Å². The molecule has 120 valence electrons. The third-order valence-electron chi connectivity index (χ3n) is 4.47. The van der Waals surface area contributed by atoms with Crippen molar-refractivity contribution in [1.82, 2.24) is 20.4 Å². The molecule has 1 aromatic heterocycles. The number of nitrogens with one attached hydrogen (secondary N) is 2. The molecule has 3 rings (SSSR count). The molecule has 0 bridgehead atoms. The van der Waals surface area contributed by atoms with E-state index in [0.29, 0.717) is 6.04 Å². The first kappa shape index (κ1) is 17.0. The second-order valence-electron chi connectivity index (χ2n) is 5.99. The van der Waals surface area contributed by atoms with Crippen molar-refractivity contribution in [3.05, 3.63) is 52.8 Å². The van der Waals surface area contributed by atoms with Crippen molar-refractivity contribution in [1.29, 1.82) is 0 Å². The summed E-state index contributed by atoms with van der Waals surface area (Å²) in [6.07, 6.45) is 3.07. The molecule has 1 aromatic carbocycles. The molecule has 1 aliphatic heterocycles. The zero-order valence-corrected chi connectivity index (χ0v) is 14.1. The summed E-state index contributed by atoms with van der Waals surface area (Å²) in [5.41, 5.74) is 5.41. The molecular weight excluding hydrogens is 296 g/mol. The minimum absolute atomic E-state index is 0. The predicted octanol–water partition coefficient (Wildman–Crippen LogP) is 2.68. The lowest BCUT2D eigenvalue weighted by Crippen LogP contribution is -2.42. The quantitative estimate of drug-likeness (QED) is 0.890. The molecule has 0 aliphatic carbocycles. The van der Waals surface area contributed by atoms with Gasteiger partial charge in [0.1, 0.15) is 0 Å². The number of nitrogens with zero attached hydrogens (tertiary/aromatic N) is 2. The Morgan fingerprint density at radius 2 is 2.09 bits per heavy atom. The summed E-state index contributed by atoms with van der Waals surface area (Å²) in [6, 6.07) is 9.36. The van der Waals surface area contributed by atoms with E-state index in [1.165, 1.54) is 23.1 Å². The molecule has 1 unspecified atom stereocenters. The largest absolute Gasteiger partial charge is 0.311 e. The first-order chi connectivity index (χ1) is 10.2. The monoisotopic (exact) mass is 320 g/mol. The highest BCUT2D eigenvalue weighted by Gasteiger charge is 2.19. The molecule has 0 saturated heterocycles. The van der Waals surface area contributed by atoms with E-state index in [1.807, 2.05) is 6.20 Å². The first-order valence-electron chi connectivity index (χ1n) is 7.74. The molecule has 0 spiro atoms. The third kappa shape index (κ3) is 3.88. The van der Waals surface area contributed by atoms with Gasteiger partial charge in [-0.25, -0.2) is 0 Å². The minimum Gasteiger partial charge on any atom is -0.311 e. The highest BCUT2D eigenvalue weighted by atomic mass is 35.5. The normalized spacial score (nSPS) is 15.9. The lowest BCUT2D eigenvalue weighted by molar-refractivity contribution is 0.186. The van der Waals surface area contributed by atoms with Crippen LogP contribution in [0.5, 0.6) is 0 Å². The smallest absolute Gasteiger partial charge is 0.0535 e. The molecule has 0 saturated carbocycles. The van der Waals surface area contributed by atoms with Gasteiger partial charge < -0.3 is 5.32 Å². The number of hydrogen-bond acceptors (Lipinski definition) is 3. The van der Waals surface area contributed by atoms with Gasteiger partial charge in [0.25, 0.3) is 0 Å². The molecule has 2 aromatic rings. The number of rotatable bonds is 5. The van der Waals surface area contributed by atoms with Gasteiger partial charge in [-0.1, -0.05) is 24.3 Å². The Hall–Kier alpha value is -1.36. The van der Waals surface area contributed by atoms with E-state index in [9.17, 15) is 0 Å². The SMILES string of the molecule is Cc1[nH]ncc1CNCC(C)N1CCc2ccccc2C1.Cl. The molecule has 2 N–H and O–H groups in total. The molecule has 4 nitrogen and oxygen atoms in total. The van der Waals surface area contributed by atoms with Gasteiger partial charge in [0, 0.05) is 43.5 Å². The van der Waals surface area contributed by atoms with Crippen molar-refractivity contribution in [2.75, 3.05) is 13.1 Å². The molecule has 22 heavy (non-hydrogen) atoms. The summed E-state index contributed by atoms with van der Waals surface area (Å²) in [4.78, 5) is 2.57. The van der Waals surface area contributed by atoms with Gasteiger partial charge in [0.05, 0.1) is 6.20 Å². The van der Waals surface area contributed by atoms with Crippen LogP contribution in [0.15, 0.2) is 30.5 Å². The number of aromatic nitrogens is 2. The van der Waals surface area contributed by atoms with E-state index in [-0.39, 0.29) is 12.4 Å². The Bertz CT molecular complexity index is 596. The Morgan fingerprint density at radius 1 is 1.32 bits per heavy atom. The molecular formula is C17H25ClN4. The maximum atomic E-state index is 4.06. The summed E-state index contributed by atoms with van der Waals surface area (Å²) in [5.74, 6) is 0. The second-order valence-corrected chi connectivity index (χ2v) is 5.99. The summed E-state index contributed by atoms with van der Waals surface area (Å²) in [7, 11) is 0. The summed E-state index contributed by atoms with van der Waals surface area (Å²) < 4.78 is 0. The number of halogens is 1. The molecule has 2 heterocycles. The fraction of sp³-hybridized carbons (Fsp3) is 0.471. The van der Waals surface area contributed by atoms with Gasteiger partial charge in [0.15, 0.2) is 0 Å². The highest BCUT2D eigenvalue weighted by molar-refractivity contribution is 5.85. The molecule has 0 radical (unpaired) electrons. The van der Waals surface area contributed by atoms with Crippen LogP contribution in [-0.2, 0) is 19.5 Å². The number of hydrogen-bond donors (Lipinski definition) is 2. The van der Waals surface area contributed by atoms with Crippen LogP contribution < -0.4 is 5.32 Å². The zero-order chi connectivity index (χ0) is 14.7. The van der Waals surface area contributed by atoms with Gasteiger partial charge in [-0.05, 0) is 31.4 Å². The van der Waals surface area contributed by atoms with E-state index >= 15 is 0 Å². The van der Waals surface area contributed by atoms with Crippen LogP contribution in [0.3, 0.4) is 0 Å². The summed E-state index contributed by atoms with van der Waals surface area (Å²) in [5, 5.41) is 10.6. The van der Waals surface area contributed by atoms with Crippen molar-refractivity contribution in [2.45, 2.75) is 39.4 Å². The van der Waals surface area contributed by atoms with Gasteiger partial charge in [-0.2, -0.15) is 5.10 Å². The van der Waals surface area contributed by atoms with Crippen LogP contribution in [0.1, 0.15) is 29.3 Å². The zero-order valence-electron chi connectivity index (χ0n) is 13.3. The van der Waals surface area contributed by atoms with Crippen LogP contribution >= 0.6 is 12.4 Å². The summed E-state index contributed by atoms with van der Waals surface area (Å²) in [6.45, 7) is 8.50. The number of fused-ring (bicyclic) bond motifs is 1. The molecule has 1 aliphatic rings. The topological polar surface area (TPSA) is 44.0 Å². The second kappa shape index (κ2) is 7.77. The molecule has 0 fully saturated rings. The van der Waals surface area contributed by atoms with E-state index in [0.717, 1.165) is 31.9 Å². The van der Waals surface area contributed by atoms with Crippen molar-refractivity contribution in [2.24, 2.45) is 0 Å². The predicted molar refractivity (Wildman–Crippen MR) is 92.3 cm³/mol. The van der Waals surface area contributed by atoms with Crippen LogP contribution in [0.25, 0.3) is 0 Å². The van der Waals surface area contributed by atoms with Crippen LogP contribution in [0, 0.1) is 6.92 Å². The standard InChI is InChI=1S/C17H24N4.ClH/c1-13(9-18-10-17-11-19-20-14(17)2)21-8-7-15-5-3-4-6-16(15)12-21;/h3-6,11,13,18H,7-10,12H2,1-2H3,(H,19,20);1H. The maximum absolute atomic E-state index is 4.06. The number of aromatic amines is 1. The average Bonchev–Trinajstić information content (AvgIpc) is 2.92.